The van der Waals surface area contributed by atoms with Gasteiger partial charge in [0, 0.05) is 30.2 Å². The van der Waals surface area contributed by atoms with Crippen molar-refractivity contribution in [3.8, 4) is 5.75 Å². The molecule has 184 valence electrons. The molecule has 0 saturated carbocycles. The Morgan fingerprint density at radius 3 is 2.68 bits per heavy atom. The number of hydrogen-bond donors (Lipinski definition) is 5. The van der Waals surface area contributed by atoms with Crippen LogP contribution in [-0.4, -0.2) is 78.4 Å². The van der Waals surface area contributed by atoms with E-state index in [0.717, 1.165) is 19.4 Å². The minimum absolute atomic E-state index is 0. The molecule has 3 rings (SSSR count). The number of phenolic OH excluding ortho intramolecular Hbond substituents is 1. The van der Waals surface area contributed by atoms with Crippen LogP contribution in [0.25, 0.3) is 10.4 Å². The Labute approximate surface area is 201 Å². The molecule has 13 nitrogen and oxygen atoms in total. The van der Waals surface area contributed by atoms with Gasteiger partial charge in [-0.3, -0.25) is 19.2 Å². The Morgan fingerprint density at radius 2 is 2.00 bits per heavy atom. The molecule has 0 aliphatic carbocycles. The predicted octanol–water partition coefficient (Wildman–Crippen LogP) is 0.0709. The highest BCUT2D eigenvalue weighted by molar-refractivity contribution is 5.97. The lowest BCUT2D eigenvalue weighted by atomic mass is 10.1. The molecule has 0 spiro atoms. The maximum atomic E-state index is 12.5. The van der Waals surface area contributed by atoms with Crippen LogP contribution in [0.2, 0.25) is 0 Å². The summed E-state index contributed by atoms with van der Waals surface area (Å²) < 4.78 is 0. The topological polar surface area (TPSA) is 189 Å². The molecular formula is C20H27ClN8O5. The number of nitrogens with zero attached hydrogens (tertiary/aromatic N) is 4. The SMILES string of the molecule is Cl.[N-]=[N+]=Nc1ccc(C(=O)NCCNC(=O)CN2CC[C@@H](NC(=O)[C@@H]3CCCN3)C2=O)c(O)c1. The van der Waals surface area contributed by atoms with E-state index >= 15 is 0 Å². The average molecular weight is 495 g/mol. The van der Waals surface area contributed by atoms with Crippen molar-refractivity contribution in [3.05, 3.63) is 34.2 Å². The number of nitrogens with one attached hydrogen (secondary N) is 4. The first kappa shape index (κ1) is 26.7. The number of carbonyl (C=O) groups excluding carboxylic acids is 4. The number of aromatic hydroxyl groups is 1. The van der Waals surface area contributed by atoms with Gasteiger partial charge in [0.1, 0.15) is 11.8 Å². The van der Waals surface area contributed by atoms with Gasteiger partial charge in [-0.15, -0.1) is 12.4 Å². The Balaban J connectivity index is 0.00000408. The molecular weight excluding hydrogens is 468 g/mol. The van der Waals surface area contributed by atoms with Gasteiger partial charge in [0.25, 0.3) is 5.91 Å². The third-order valence-corrected chi connectivity index (χ3v) is 5.44. The second-order valence-corrected chi connectivity index (χ2v) is 7.76. The smallest absolute Gasteiger partial charge is 0.255 e. The summed E-state index contributed by atoms with van der Waals surface area (Å²) in [5.41, 5.74) is 8.57. The van der Waals surface area contributed by atoms with Crippen LogP contribution in [0.15, 0.2) is 23.3 Å². The molecule has 1 aromatic carbocycles. The summed E-state index contributed by atoms with van der Waals surface area (Å²) in [6.45, 7) is 1.24. The van der Waals surface area contributed by atoms with Crippen molar-refractivity contribution in [2.24, 2.45) is 5.11 Å². The van der Waals surface area contributed by atoms with Crippen molar-refractivity contribution in [3.63, 3.8) is 0 Å². The van der Waals surface area contributed by atoms with Gasteiger partial charge < -0.3 is 31.3 Å². The summed E-state index contributed by atoms with van der Waals surface area (Å²) in [7, 11) is 0. The second kappa shape index (κ2) is 12.6. The minimum atomic E-state index is -0.620. The third kappa shape index (κ3) is 6.98. The van der Waals surface area contributed by atoms with E-state index in [2.05, 4.69) is 31.3 Å². The summed E-state index contributed by atoms with van der Waals surface area (Å²) in [4.78, 5) is 52.9. The van der Waals surface area contributed by atoms with E-state index in [1.807, 2.05) is 0 Å². The monoisotopic (exact) mass is 494 g/mol. The number of likely N-dealkylation sites (tertiary alicyclic amines) is 1. The number of carbonyl (C=O) groups is 4. The van der Waals surface area contributed by atoms with Crippen LogP contribution >= 0.6 is 12.4 Å². The number of amides is 4. The molecule has 2 aliphatic rings. The average Bonchev–Trinajstić information content (AvgIpc) is 3.43. The van der Waals surface area contributed by atoms with Crippen LogP contribution in [0.1, 0.15) is 29.6 Å². The number of halogens is 1. The molecule has 14 heteroatoms. The molecule has 34 heavy (non-hydrogen) atoms. The fourth-order valence-electron chi connectivity index (χ4n) is 3.74. The lowest BCUT2D eigenvalue weighted by Gasteiger charge is -2.18. The molecule has 1 aromatic rings. The maximum Gasteiger partial charge on any atom is 0.255 e. The highest BCUT2D eigenvalue weighted by atomic mass is 35.5. The van der Waals surface area contributed by atoms with E-state index in [4.69, 9.17) is 5.53 Å². The van der Waals surface area contributed by atoms with Crippen LogP contribution < -0.4 is 21.3 Å². The number of hydrogen-bond acceptors (Lipinski definition) is 7. The van der Waals surface area contributed by atoms with Gasteiger partial charge in [-0.05, 0) is 43.5 Å². The van der Waals surface area contributed by atoms with Crippen LogP contribution in [-0.2, 0) is 14.4 Å². The van der Waals surface area contributed by atoms with Crippen LogP contribution in [0, 0.1) is 0 Å². The van der Waals surface area contributed by atoms with Gasteiger partial charge >= 0.3 is 0 Å². The van der Waals surface area contributed by atoms with Gasteiger partial charge in [-0.1, -0.05) is 11.2 Å². The molecule has 2 heterocycles. The summed E-state index contributed by atoms with van der Waals surface area (Å²) in [5.74, 6) is -1.75. The van der Waals surface area contributed by atoms with Gasteiger partial charge in [-0.25, -0.2) is 0 Å². The quantitative estimate of drug-likeness (QED) is 0.140. The first-order valence-electron chi connectivity index (χ1n) is 10.6. The summed E-state index contributed by atoms with van der Waals surface area (Å²) >= 11 is 0. The van der Waals surface area contributed by atoms with E-state index < -0.39 is 11.9 Å². The molecule has 0 bridgehead atoms. The number of phenols is 1. The molecule has 4 amide bonds. The third-order valence-electron chi connectivity index (χ3n) is 5.44. The van der Waals surface area contributed by atoms with Crippen molar-refractivity contribution in [2.45, 2.75) is 31.3 Å². The van der Waals surface area contributed by atoms with Crippen molar-refractivity contribution in [2.75, 3.05) is 32.7 Å². The van der Waals surface area contributed by atoms with E-state index in [1.165, 1.54) is 23.1 Å². The van der Waals surface area contributed by atoms with Crippen molar-refractivity contribution >= 4 is 41.7 Å². The zero-order chi connectivity index (χ0) is 23.8. The molecule has 2 atom stereocenters. The fraction of sp³-hybridized carbons (Fsp3) is 0.500. The fourth-order valence-corrected chi connectivity index (χ4v) is 3.74. The Kier molecular flexibility index (Phi) is 9.92. The molecule has 5 N–H and O–H groups in total. The highest BCUT2D eigenvalue weighted by Gasteiger charge is 2.35. The van der Waals surface area contributed by atoms with Gasteiger partial charge in [0.05, 0.1) is 18.2 Å². The number of rotatable bonds is 9. The molecule has 0 aromatic heterocycles. The van der Waals surface area contributed by atoms with Crippen molar-refractivity contribution < 1.29 is 24.3 Å². The number of benzene rings is 1. The zero-order valence-corrected chi connectivity index (χ0v) is 19.1. The summed E-state index contributed by atoms with van der Waals surface area (Å²) in [5, 5.41) is 24.2. The molecule has 2 saturated heterocycles. The summed E-state index contributed by atoms with van der Waals surface area (Å²) in [6.07, 6.45) is 2.12. The Bertz CT molecular complexity index is 978. The normalized spacial score (nSPS) is 19.1. The zero-order valence-electron chi connectivity index (χ0n) is 18.3. The van der Waals surface area contributed by atoms with Crippen molar-refractivity contribution in [1.82, 2.24) is 26.2 Å². The second-order valence-electron chi connectivity index (χ2n) is 7.76. The van der Waals surface area contributed by atoms with Crippen molar-refractivity contribution in [1.29, 1.82) is 0 Å². The molecule has 2 fully saturated rings. The van der Waals surface area contributed by atoms with E-state index in [9.17, 15) is 24.3 Å². The van der Waals surface area contributed by atoms with Crippen LogP contribution in [0.4, 0.5) is 5.69 Å². The van der Waals surface area contributed by atoms with E-state index in [1.54, 1.807) is 0 Å². The molecule has 0 radical (unpaired) electrons. The first-order valence-corrected chi connectivity index (χ1v) is 10.6. The first-order chi connectivity index (χ1) is 15.9. The number of azide groups is 1. The largest absolute Gasteiger partial charge is 0.507 e. The van der Waals surface area contributed by atoms with Crippen LogP contribution in [0.3, 0.4) is 0 Å². The van der Waals surface area contributed by atoms with Gasteiger partial charge in [0.2, 0.25) is 17.7 Å². The maximum absolute atomic E-state index is 12.5. The standard InChI is InChI=1S/C20H26N8O5.ClH/c21-27-26-12-3-4-13(16(29)10-12)18(31)24-8-7-23-17(30)11-28-9-5-15(20(28)33)25-19(32)14-2-1-6-22-14;/h3-4,10,14-15,22,29H,1-2,5-9,11H2,(H,23,30)(H,24,31)(H,25,32);1H/t14-,15+;/m0./s1. The van der Waals surface area contributed by atoms with E-state index in [-0.39, 0.29) is 72.8 Å². The van der Waals surface area contributed by atoms with Crippen LogP contribution in [0.5, 0.6) is 5.75 Å². The minimum Gasteiger partial charge on any atom is -0.507 e. The summed E-state index contributed by atoms with van der Waals surface area (Å²) in [6, 6.07) is 3.00. The lowest BCUT2D eigenvalue weighted by molar-refractivity contribution is -0.135. The van der Waals surface area contributed by atoms with E-state index in [0.29, 0.717) is 13.0 Å². The van der Waals surface area contributed by atoms with Gasteiger partial charge in [0.15, 0.2) is 0 Å². The Hall–Kier alpha value is -3.54. The Morgan fingerprint density at radius 1 is 1.24 bits per heavy atom. The lowest BCUT2D eigenvalue weighted by Crippen LogP contribution is -2.49. The molecule has 0 unspecified atom stereocenters. The predicted molar refractivity (Wildman–Crippen MR) is 124 cm³/mol. The van der Waals surface area contributed by atoms with Gasteiger partial charge in [-0.2, -0.15) is 0 Å². The molecule has 2 aliphatic heterocycles. The highest BCUT2D eigenvalue weighted by Crippen LogP contribution is 2.23.